The maximum Gasteiger partial charge on any atom is 0.416 e. The van der Waals surface area contributed by atoms with Gasteiger partial charge in [0.2, 0.25) is 0 Å². The van der Waals surface area contributed by atoms with E-state index in [1.54, 1.807) is 0 Å². The first-order valence-electron chi connectivity index (χ1n) is 7.34. The normalized spacial score (nSPS) is 12.3. The van der Waals surface area contributed by atoms with Gasteiger partial charge in [-0.05, 0) is 30.3 Å². The minimum absolute atomic E-state index is 0.0185. The number of hydrogen-bond acceptors (Lipinski definition) is 3. The molecular weight excluding hydrogens is 383 g/mol. The van der Waals surface area contributed by atoms with Crippen LogP contribution in [0.1, 0.15) is 27.0 Å². The van der Waals surface area contributed by atoms with Gasteiger partial charge in [0.1, 0.15) is 11.3 Å². The Balaban J connectivity index is 2.46. The molecule has 9 heteroatoms. The zero-order valence-electron chi connectivity index (χ0n) is 13.7. The van der Waals surface area contributed by atoms with Crippen molar-refractivity contribution in [2.24, 2.45) is 0 Å². The van der Waals surface area contributed by atoms with Gasteiger partial charge in [0, 0.05) is 16.8 Å². The van der Waals surface area contributed by atoms with Crippen LogP contribution in [0.15, 0.2) is 48.4 Å². The molecular formula is C18H14F3NO4S. The van der Waals surface area contributed by atoms with Crippen molar-refractivity contribution in [2.75, 3.05) is 4.72 Å². The predicted molar refractivity (Wildman–Crippen MR) is 96.7 cm³/mol. The highest BCUT2D eigenvalue weighted by Gasteiger charge is 2.30. The Kier molecular flexibility index (Phi) is 5.75. The monoisotopic (exact) mass is 397 g/mol. The van der Waals surface area contributed by atoms with Crippen molar-refractivity contribution < 1.29 is 32.4 Å². The van der Waals surface area contributed by atoms with E-state index < -0.39 is 40.0 Å². The average Bonchev–Trinajstić information content (AvgIpc) is 2.60. The summed E-state index contributed by atoms with van der Waals surface area (Å²) in [6, 6.07) is 4.85. The molecule has 0 radical (unpaired) electrons. The SMILES string of the molecule is C=Cc1c(S(=O)Nc2ccc(C(F)(F)F)cc2)cc(C(=O)O)c(O)c1C=C. The van der Waals surface area contributed by atoms with Gasteiger partial charge >= 0.3 is 12.1 Å². The number of alkyl halides is 3. The Labute approximate surface area is 155 Å². The lowest BCUT2D eigenvalue weighted by molar-refractivity contribution is -0.137. The number of aromatic carboxylic acids is 1. The first kappa shape index (κ1) is 20.2. The topological polar surface area (TPSA) is 86.6 Å². The van der Waals surface area contributed by atoms with Crippen LogP contribution in [0.5, 0.6) is 5.75 Å². The second kappa shape index (κ2) is 7.67. The van der Waals surface area contributed by atoms with E-state index in [4.69, 9.17) is 0 Å². The molecule has 142 valence electrons. The van der Waals surface area contributed by atoms with Gasteiger partial charge in [-0.3, -0.25) is 0 Å². The third-order valence-corrected chi connectivity index (χ3v) is 4.76. The van der Waals surface area contributed by atoms with Crippen molar-refractivity contribution in [1.29, 1.82) is 0 Å². The smallest absolute Gasteiger partial charge is 0.416 e. The van der Waals surface area contributed by atoms with Gasteiger partial charge in [-0.2, -0.15) is 13.2 Å². The number of rotatable bonds is 6. The van der Waals surface area contributed by atoms with Gasteiger partial charge in [-0.1, -0.05) is 25.3 Å². The van der Waals surface area contributed by atoms with Crippen LogP contribution in [-0.4, -0.2) is 20.4 Å². The third kappa shape index (κ3) is 4.20. The zero-order chi connectivity index (χ0) is 20.4. The fourth-order valence-electron chi connectivity index (χ4n) is 2.31. The highest BCUT2D eigenvalue weighted by Crippen LogP contribution is 2.34. The van der Waals surface area contributed by atoms with Gasteiger partial charge in [0.05, 0.1) is 10.5 Å². The molecule has 0 aliphatic rings. The summed E-state index contributed by atoms with van der Waals surface area (Å²) < 4.78 is 53.0. The number of anilines is 1. The van der Waals surface area contributed by atoms with Gasteiger partial charge in [0.15, 0.2) is 11.0 Å². The lowest BCUT2D eigenvalue weighted by Gasteiger charge is -2.15. The number of nitrogens with one attached hydrogen (secondary N) is 1. The van der Waals surface area contributed by atoms with E-state index in [1.165, 1.54) is 12.2 Å². The molecule has 5 nitrogen and oxygen atoms in total. The molecule has 0 spiro atoms. The van der Waals surface area contributed by atoms with Crippen molar-refractivity contribution in [3.8, 4) is 5.75 Å². The van der Waals surface area contributed by atoms with Crippen LogP contribution in [0.3, 0.4) is 0 Å². The molecule has 27 heavy (non-hydrogen) atoms. The van der Waals surface area contributed by atoms with Crippen LogP contribution in [0.25, 0.3) is 12.2 Å². The van der Waals surface area contributed by atoms with Crippen molar-refractivity contribution in [1.82, 2.24) is 0 Å². The number of aromatic hydroxyl groups is 1. The molecule has 0 amide bonds. The van der Waals surface area contributed by atoms with E-state index in [0.717, 1.165) is 30.3 Å². The molecule has 0 fully saturated rings. The quantitative estimate of drug-likeness (QED) is 0.668. The van der Waals surface area contributed by atoms with Crippen molar-refractivity contribution in [2.45, 2.75) is 11.1 Å². The van der Waals surface area contributed by atoms with Crippen LogP contribution >= 0.6 is 0 Å². The van der Waals surface area contributed by atoms with E-state index in [-0.39, 0.29) is 21.7 Å². The van der Waals surface area contributed by atoms with E-state index in [9.17, 15) is 32.4 Å². The van der Waals surface area contributed by atoms with Crippen molar-refractivity contribution in [3.63, 3.8) is 0 Å². The molecule has 1 unspecified atom stereocenters. The molecule has 2 rings (SSSR count). The molecule has 0 aliphatic heterocycles. The largest absolute Gasteiger partial charge is 0.506 e. The number of halogens is 3. The first-order valence-corrected chi connectivity index (χ1v) is 8.49. The van der Waals surface area contributed by atoms with E-state index in [1.807, 2.05) is 0 Å². The maximum absolute atomic E-state index is 12.7. The number of carboxylic acid groups (broad SMARTS) is 1. The number of hydrogen-bond donors (Lipinski definition) is 3. The molecule has 2 aromatic rings. The highest BCUT2D eigenvalue weighted by molar-refractivity contribution is 7.86. The second-order valence-corrected chi connectivity index (χ2v) is 6.44. The minimum atomic E-state index is -4.50. The van der Waals surface area contributed by atoms with Gasteiger partial charge in [0.25, 0.3) is 0 Å². The minimum Gasteiger partial charge on any atom is -0.506 e. The summed E-state index contributed by atoms with van der Waals surface area (Å²) in [4.78, 5) is 11.3. The lowest BCUT2D eigenvalue weighted by Crippen LogP contribution is -2.10. The first-order chi connectivity index (χ1) is 12.6. The van der Waals surface area contributed by atoms with E-state index >= 15 is 0 Å². The Morgan fingerprint density at radius 1 is 1.11 bits per heavy atom. The lowest BCUT2D eigenvalue weighted by atomic mass is 10.0. The van der Waals surface area contributed by atoms with Crippen LogP contribution in [0, 0.1) is 0 Å². The Bertz CT molecular complexity index is 937. The Hall–Kier alpha value is -3.07. The number of carboxylic acids is 1. The maximum atomic E-state index is 12.7. The van der Waals surface area contributed by atoms with Crippen molar-refractivity contribution in [3.05, 3.63) is 65.7 Å². The van der Waals surface area contributed by atoms with E-state index in [0.29, 0.717) is 0 Å². The zero-order valence-corrected chi connectivity index (χ0v) is 14.5. The number of carbonyl (C=O) groups is 1. The molecule has 0 saturated heterocycles. The third-order valence-electron chi connectivity index (χ3n) is 3.60. The fourth-order valence-corrected chi connectivity index (χ4v) is 3.38. The summed E-state index contributed by atoms with van der Waals surface area (Å²) in [5.74, 6) is -2.00. The predicted octanol–water partition coefficient (Wildman–Crippen LogP) is 4.53. The summed E-state index contributed by atoms with van der Waals surface area (Å²) in [5, 5.41) is 19.3. The van der Waals surface area contributed by atoms with Crippen molar-refractivity contribution >= 4 is 34.8 Å². The standard InChI is InChI=1S/C18H14F3NO4S/c1-3-12-13(4-2)16(23)14(17(24)25)9-15(12)27(26)22-11-7-5-10(6-8-11)18(19,20)21/h3-9,22-23H,1-2H2,(H,24,25). The summed E-state index contributed by atoms with van der Waals surface area (Å²) in [6.45, 7) is 7.04. The van der Waals surface area contributed by atoms with Gasteiger partial charge in [-0.15, -0.1) is 0 Å². The van der Waals surface area contributed by atoms with Gasteiger partial charge in [-0.25, -0.2) is 9.00 Å². The Morgan fingerprint density at radius 3 is 2.11 bits per heavy atom. The molecule has 2 aromatic carbocycles. The van der Waals surface area contributed by atoms with Gasteiger partial charge < -0.3 is 14.9 Å². The Morgan fingerprint density at radius 2 is 1.67 bits per heavy atom. The molecule has 0 heterocycles. The number of benzene rings is 2. The van der Waals surface area contributed by atoms with Crippen LogP contribution in [-0.2, 0) is 17.2 Å². The fraction of sp³-hybridized carbons (Fsp3) is 0.0556. The second-order valence-electron chi connectivity index (χ2n) is 5.26. The average molecular weight is 397 g/mol. The summed E-state index contributed by atoms with van der Waals surface area (Å²) in [7, 11) is -2.05. The summed E-state index contributed by atoms with van der Waals surface area (Å²) in [6.07, 6.45) is -2.04. The summed E-state index contributed by atoms with van der Waals surface area (Å²) in [5.41, 5.74) is -1.01. The van der Waals surface area contributed by atoms with E-state index in [2.05, 4.69) is 17.9 Å². The molecule has 1 atom stereocenters. The number of phenols is 1. The molecule has 3 N–H and O–H groups in total. The molecule has 0 aromatic heterocycles. The van der Waals surface area contributed by atoms with Crippen LogP contribution in [0.2, 0.25) is 0 Å². The molecule has 0 bridgehead atoms. The van der Waals surface area contributed by atoms with Crippen LogP contribution in [0.4, 0.5) is 18.9 Å². The molecule has 0 saturated carbocycles. The molecule has 0 aliphatic carbocycles. The highest BCUT2D eigenvalue weighted by atomic mass is 32.2. The van der Waals surface area contributed by atoms with Crippen LogP contribution < -0.4 is 4.72 Å². The summed E-state index contributed by atoms with van der Waals surface area (Å²) >= 11 is 0.